The number of nitro benzene ring substituents is 1. The molecule has 0 bridgehead atoms. The van der Waals surface area contributed by atoms with Gasteiger partial charge in [0, 0.05) is 22.5 Å². The number of carbonyl (C=O) groups excluding carboxylic acids is 1. The highest BCUT2D eigenvalue weighted by Gasteiger charge is 2.16. The number of hydrogen-bond donors (Lipinski definition) is 2. The summed E-state index contributed by atoms with van der Waals surface area (Å²) in [6, 6.07) is 10.2. The van der Waals surface area contributed by atoms with Crippen molar-refractivity contribution in [2.24, 2.45) is 0 Å². The van der Waals surface area contributed by atoms with E-state index in [-0.39, 0.29) is 17.1 Å². The van der Waals surface area contributed by atoms with E-state index in [1.807, 2.05) is 0 Å². The zero-order valence-corrected chi connectivity index (χ0v) is 12.3. The zero-order valence-electron chi connectivity index (χ0n) is 11.5. The minimum absolute atomic E-state index is 0.119. The maximum absolute atomic E-state index is 11.8. The van der Waals surface area contributed by atoms with Gasteiger partial charge in [-0.05, 0) is 36.4 Å². The number of benzene rings is 2. The first-order chi connectivity index (χ1) is 10.5. The quantitative estimate of drug-likeness (QED) is 0.659. The van der Waals surface area contributed by atoms with E-state index < -0.39 is 11.0 Å². The summed E-state index contributed by atoms with van der Waals surface area (Å²) in [7, 11) is 1.34. The number of nitrogens with zero attached hydrogens (tertiary/aromatic N) is 1. The molecule has 0 saturated heterocycles. The number of nitro groups is 1. The number of nitrogens with one attached hydrogen (secondary N) is 2. The van der Waals surface area contributed by atoms with E-state index in [1.54, 1.807) is 24.3 Å². The van der Waals surface area contributed by atoms with Crippen LogP contribution in [0.4, 0.5) is 21.9 Å². The lowest BCUT2D eigenvalue weighted by Gasteiger charge is -2.08. The Hall–Kier alpha value is -2.80. The number of halogens is 1. The van der Waals surface area contributed by atoms with E-state index in [9.17, 15) is 14.9 Å². The molecule has 0 aromatic heterocycles. The van der Waals surface area contributed by atoms with Crippen molar-refractivity contribution in [3.63, 3.8) is 0 Å². The molecule has 0 unspecified atom stereocenters. The highest BCUT2D eigenvalue weighted by atomic mass is 35.5. The highest BCUT2D eigenvalue weighted by Crippen LogP contribution is 2.29. The fourth-order valence-corrected chi connectivity index (χ4v) is 1.86. The van der Waals surface area contributed by atoms with Crippen molar-refractivity contribution in [3.8, 4) is 5.75 Å². The summed E-state index contributed by atoms with van der Waals surface area (Å²) in [5.74, 6) is 0.119. The number of urea groups is 1. The largest absolute Gasteiger partial charge is 0.490 e. The number of methoxy groups -OCH3 is 1. The fourth-order valence-electron chi connectivity index (χ4n) is 1.74. The molecular formula is C14H12ClN3O4. The van der Waals surface area contributed by atoms with Gasteiger partial charge >= 0.3 is 11.7 Å². The first-order valence-corrected chi connectivity index (χ1v) is 6.53. The number of amides is 2. The topological polar surface area (TPSA) is 93.5 Å². The summed E-state index contributed by atoms with van der Waals surface area (Å²) in [4.78, 5) is 22.2. The lowest BCUT2D eigenvalue weighted by atomic mass is 10.2. The van der Waals surface area contributed by atoms with Gasteiger partial charge < -0.3 is 15.4 Å². The Bertz CT molecular complexity index is 704. The Kier molecular flexibility index (Phi) is 4.80. The van der Waals surface area contributed by atoms with Crippen molar-refractivity contribution < 1.29 is 14.5 Å². The number of rotatable bonds is 4. The lowest BCUT2D eigenvalue weighted by Crippen LogP contribution is -2.19. The molecule has 8 heteroatoms. The van der Waals surface area contributed by atoms with Crippen LogP contribution in [-0.2, 0) is 0 Å². The van der Waals surface area contributed by atoms with Crippen LogP contribution in [0.15, 0.2) is 42.5 Å². The van der Waals surface area contributed by atoms with Gasteiger partial charge in [0.2, 0.25) is 0 Å². The first kappa shape index (κ1) is 15.6. The number of hydrogen-bond acceptors (Lipinski definition) is 4. The third kappa shape index (κ3) is 3.86. The van der Waals surface area contributed by atoms with E-state index in [1.165, 1.54) is 25.3 Å². The van der Waals surface area contributed by atoms with E-state index in [0.717, 1.165) is 0 Å². The minimum atomic E-state index is -0.582. The average molecular weight is 322 g/mol. The average Bonchev–Trinajstić information content (AvgIpc) is 2.49. The second-order valence-corrected chi connectivity index (χ2v) is 4.67. The molecule has 2 N–H and O–H groups in total. The molecule has 0 radical (unpaired) electrons. The maximum atomic E-state index is 11.8. The first-order valence-electron chi connectivity index (χ1n) is 6.15. The van der Waals surface area contributed by atoms with Crippen LogP contribution in [0.1, 0.15) is 0 Å². The second-order valence-electron chi connectivity index (χ2n) is 4.23. The molecule has 2 rings (SSSR count). The zero-order chi connectivity index (χ0) is 16.1. The third-order valence-corrected chi connectivity index (χ3v) is 2.99. The summed E-state index contributed by atoms with van der Waals surface area (Å²) in [5, 5.41) is 16.6. The minimum Gasteiger partial charge on any atom is -0.490 e. The van der Waals surface area contributed by atoms with Crippen LogP contribution in [0.25, 0.3) is 0 Å². The van der Waals surface area contributed by atoms with Crippen molar-refractivity contribution in [1.82, 2.24) is 0 Å². The highest BCUT2D eigenvalue weighted by molar-refractivity contribution is 6.30. The predicted octanol–water partition coefficient (Wildman–Crippen LogP) is 3.90. The molecule has 0 saturated carbocycles. The second kappa shape index (κ2) is 6.77. The van der Waals surface area contributed by atoms with E-state index >= 15 is 0 Å². The molecule has 0 spiro atoms. The molecular weight excluding hydrogens is 310 g/mol. The Morgan fingerprint density at radius 1 is 1.14 bits per heavy atom. The van der Waals surface area contributed by atoms with Gasteiger partial charge in [0.15, 0.2) is 5.75 Å². The number of ether oxygens (including phenoxy) is 1. The molecule has 2 amide bonds. The summed E-state index contributed by atoms with van der Waals surface area (Å²) >= 11 is 5.75. The molecule has 0 fully saturated rings. The number of carbonyl (C=O) groups is 1. The summed E-state index contributed by atoms with van der Waals surface area (Å²) in [6.07, 6.45) is 0. The standard InChI is InChI=1S/C14H12ClN3O4/c1-22-13-7-6-11(8-12(13)18(20)21)17-14(19)16-10-4-2-9(15)3-5-10/h2-8H,1H3,(H2,16,17,19). The molecule has 2 aromatic carbocycles. The van der Waals surface area contributed by atoms with E-state index in [2.05, 4.69) is 10.6 Å². The molecule has 0 aliphatic heterocycles. The number of anilines is 2. The predicted molar refractivity (Wildman–Crippen MR) is 83.7 cm³/mol. The van der Waals surface area contributed by atoms with Gasteiger partial charge in [-0.15, -0.1) is 0 Å². The van der Waals surface area contributed by atoms with Crippen LogP contribution >= 0.6 is 11.6 Å². The SMILES string of the molecule is COc1ccc(NC(=O)Nc2ccc(Cl)cc2)cc1[N+](=O)[O-]. The van der Waals surface area contributed by atoms with Crippen LogP contribution in [0.5, 0.6) is 5.75 Å². The molecule has 7 nitrogen and oxygen atoms in total. The van der Waals surface area contributed by atoms with Crippen LogP contribution in [0, 0.1) is 10.1 Å². The van der Waals surface area contributed by atoms with Crippen molar-refractivity contribution in [3.05, 3.63) is 57.6 Å². The van der Waals surface area contributed by atoms with Crippen molar-refractivity contribution in [2.75, 3.05) is 17.7 Å². The summed E-state index contributed by atoms with van der Waals surface area (Å²) < 4.78 is 4.89. The van der Waals surface area contributed by atoms with Crippen LogP contribution in [0.2, 0.25) is 5.02 Å². The molecule has 0 heterocycles. The molecule has 0 aliphatic carbocycles. The lowest BCUT2D eigenvalue weighted by molar-refractivity contribution is -0.385. The Morgan fingerprint density at radius 3 is 2.32 bits per heavy atom. The Labute approximate surface area is 131 Å². The Balaban J connectivity index is 2.09. The normalized spacial score (nSPS) is 9.91. The van der Waals surface area contributed by atoms with Crippen molar-refractivity contribution in [2.45, 2.75) is 0 Å². The molecule has 0 aliphatic rings. The Morgan fingerprint density at radius 2 is 1.73 bits per heavy atom. The maximum Gasteiger partial charge on any atom is 0.323 e. The van der Waals surface area contributed by atoms with E-state index in [4.69, 9.17) is 16.3 Å². The van der Waals surface area contributed by atoms with Crippen LogP contribution < -0.4 is 15.4 Å². The van der Waals surface area contributed by atoms with Gasteiger partial charge in [0.25, 0.3) is 0 Å². The van der Waals surface area contributed by atoms with Gasteiger partial charge in [-0.1, -0.05) is 11.6 Å². The molecule has 0 atom stereocenters. The van der Waals surface area contributed by atoms with Gasteiger partial charge in [-0.25, -0.2) is 4.79 Å². The monoisotopic (exact) mass is 321 g/mol. The molecule has 114 valence electrons. The van der Waals surface area contributed by atoms with Crippen molar-refractivity contribution >= 4 is 34.7 Å². The molecule has 22 heavy (non-hydrogen) atoms. The molecule has 2 aromatic rings. The van der Waals surface area contributed by atoms with Gasteiger partial charge in [0.05, 0.1) is 12.0 Å². The third-order valence-electron chi connectivity index (χ3n) is 2.74. The van der Waals surface area contributed by atoms with Gasteiger partial charge in [-0.3, -0.25) is 10.1 Å². The van der Waals surface area contributed by atoms with Crippen molar-refractivity contribution in [1.29, 1.82) is 0 Å². The smallest absolute Gasteiger partial charge is 0.323 e. The summed E-state index contributed by atoms with van der Waals surface area (Å²) in [6.45, 7) is 0. The fraction of sp³-hybridized carbons (Fsp3) is 0.0714. The van der Waals surface area contributed by atoms with Crippen LogP contribution in [0.3, 0.4) is 0 Å². The van der Waals surface area contributed by atoms with Gasteiger partial charge in [0.1, 0.15) is 0 Å². The van der Waals surface area contributed by atoms with E-state index in [0.29, 0.717) is 10.7 Å². The summed E-state index contributed by atoms with van der Waals surface area (Å²) in [5.41, 5.74) is 0.593. The van der Waals surface area contributed by atoms with Gasteiger partial charge in [-0.2, -0.15) is 0 Å². The van der Waals surface area contributed by atoms with Crippen LogP contribution in [-0.4, -0.2) is 18.1 Å².